The third-order valence-corrected chi connectivity index (χ3v) is 5.01. The minimum Gasteiger partial charge on any atom is -0.467 e. The molecule has 2 aromatic heterocycles. The van der Waals surface area contributed by atoms with Crippen LogP contribution in [-0.4, -0.2) is 27.7 Å². The summed E-state index contributed by atoms with van der Waals surface area (Å²) in [7, 11) is 0. The predicted molar refractivity (Wildman–Crippen MR) is 90.5 cm³/mol. The van der Waals surface area contributed by atoms with Crippen molar-refractivity contribution in [1.29, 1.82) is 0 Å². The van der Waals surface area contributed by atoms with Crippen molar-refractivity contribution in [3.05, 3.63) is 48.4 Å². The van der Waals surface area contributed by atoms with Crippen molar-refractivity contribution < 1.29 is 14.0 Å². The molecule has 0 aliphatic carbocycles. The monoisotopic (exact) mass is 341 g/mol. The average Bonchev–Trinajstić information content (AvgIpc) is 3.28. The fraction of sp³-hybridized carbons (Fsp3) is 0.235. The molecule has 1 fully saturated rings. The van der Waals surface area contributed by atoms with E-state index in [4.69, 9.17) is 4.42 Å². The van der Waals surface area contributed by atoms with E-state index in [1.54, 1.807) is 23.3 Å². The maximum atomic E-state index is 12.6. The van der Waals surface area contributed by atoms with Crippen molar-refractivity contribution in [2.45, 2.75) is 25.4 Å². The molecule has 0 radical (unpaired) electrons. The number of fused-ring (bicyclic) bond motifs is 1. The van der Waals surface area contributed by atoms with Gasteiger partial charge in [-0.25, -0.2) is 4.98 Å². The molecule has 1 N–H and O–H groups in total. The first kappa shape index (κ1) is 14.9. The van der Waals surface area contributed by atoms with Crippen LogP contribution in [0.2, 0.25) is 0 Å². The van der Waals surface area contributed by atoms with E-state index in [-0.39, 0.29) is 11.8 Å². The van der Waals surface area contributed by atoms with Gasteiger partial charge in [0.25, 0.3) is 0 Å². The standard InChI is InChI=1S/C17H15N3O3S/c21-15-8-7-13(20(15)10-11-4-3-9-23-11)16(22)19-17-18-12-5-1-2-6-14(12)24-17/h1-6,9,13H,7-8,10H2,(H,18,19,22)/t13-/m1/s1. The molecular weight excluding hydrogens is 326 g/mol. The van der Waals surface area contributed by atoms with Crippen LogP contribution in [0.5, 0.6) is 0 Å². The van der Waals surface area contributed by atoms with Crippen molar-refractivity contribution in [3.63, 3.8) is 0 Å². The quantitative estimate of drug-likeness (QED) is 0.791. The number of nitrogens with zero attached hydrogens (tertiary/aromatic N) is 2. The molecule has 1 atom stereocenters. The molecule has 1 saturated heterocycles. The Balaban J connectivity index is 1.51. The number of carbonyl (C=O) groups is 2. The van der Waals surface area contributed by atoms with Crippen molar-refractivity contribution in [1.82, 2.24) is 9.88 Å². The van der Waals surface area contributed by atoms with E-state index >= 15 is 0 Å². The van der Waals surface area contributed by atoms with Gasteiger partial charge in [0.1, 0.15) is 11.8 Å². The molecule has 0 bridgehead atoms. The molecule has 1 aliphatic heterocycles. The maximum Gasteiger partial charge on any atom is 0.248 e. The fourth-order valence-electron chi connectivity index (χ4n) is 2.89. The lowest BCUT2D eigenvalue weighted by molar-refractivity contribution is -0.134. The van der Waals surface area contributed by atoms with E-state index in [2.05, 4.69) is 10.3 Å². The highest BCUT2D eigenvalue weighted by Gasteiger charge is 2.36. The highest BCUT2D eigenvalue weighted by molar-refractivity contribution is 7.22. The Morgan fingerprint density at radius 1 is 1.33 bits per heavy atom. The Labute approximate surface area is 142 Å². The van der Waals surface area contributed by atoms with Crippen LogP contribution in [0.25, 0.3) is 10.2 Å². The molecule has 0 unspecified atom stereocenters. The topological polar surface area (TPSA) is 75.4 Å². The van der Waals surface area contributed by atoms with E-state index in [1.165, 1.54) is 11.3 Å². The first-order chi connectivity index (χ1) is 11.7. The highest BCUT2D eigenvalue weighted by Crippen LogP contribution is 2.27. The van der Waals surface area contributed by atoms with Gasteiger partial charge in [-0.3, -0.25) is 9.59 Å². The lowest BCUT2D eigenvalue weighted by Crippen LogP contribution is -2.41. The van der Waals surface area contributed by atoms with Crippen LogP contribution in [0.4, 0.5) is 5.13 Å². The Hall–Kier alpha value is -2.67. The van der Waals surface area contributed by atoms with Crippen LogP contribution >= 0.6 is 11.3 Å². The second-order valence-corrected chi connectivity index (χ2v) is 6.66. The van der Waals surface area contributed by atoms with Gasteiger partial charge in [-0.05, 0) is 30.7 Å². The molecule has 1 aromatic carbocycles. The Kier molecular flexibility index (Phi) is 3.78. The molecule has 0 saturated carbocycles. The van der Waals surface area contributed by atoms with E-state index in [0.29, 0.717) is 30.3 Å². The van der Waals surface area contributed by atoms with Crippen molar-refractivity contribution in [2.75, 3.05) is 5.32 Å². The fourth-order valence-corrected chi connectivity index (χ4v) is 3.76. The maximum absolute atomic E-state index is 12.6. The summed E-state index contributed by atoms with van der Waals surface area (Å²) in [6, 6.07) is 10.8. The van der Waals surface area contributed by atoms with E-state index in [0.717, 1.165) is 10.2 Å². The number of furan rings is 1. The van der Waals surface area contributed by atoms with Gasteiger partial charge in [-0.15, -0.1) is 0 Å². The second kappa shape index (κ2) is 6.09. The van der Waals surface area contributed by atoms with Crippen molar-refractivity contribution >= 4 is 38.5 Å². The van der Waals surface area contributed by atoms with Crippen LogP contribution < -0.4 is 5.32 Å². The average molecular weight is 341 g/mol. The van der Waals surface area contributed by atoms with Gasteiger partial charge in [0.2, 0.25) is 11.8 Å². The number of anilines is 1. The molecule has 0 spiro atoms. The van der Waals surface area contributed by atoms with Crippen molar-refractivity contribution in [2.24, 2.45) is 0 Å². The van der Waals surface area contributed by atoms with E-state index < -0.39 is 6.04 Å². The molecule has 24 heavy (non-hydrogen) atoms. The van der Waals surface area contributed by atoms with Crippen LogP contribution in [-0.2, 0) is 16.1 Å². The third-order valence-electron chi connectivity index (χ3n) is 4.06. The van der Waals surface area contributed by atoms with Crippen LogP contribution in [0, 0.1) is 0 Å². The Morgan fingerprint density at radius 2 is 2.21 bits per heavy atom. The summed E-state index contributed by atoms with van der Waals surface area (Å²) in [6.07, 6.45) is 2.45. The van der Waals surface area contributed by atoms with E-state index in [1.807, 2.05) is 24.3 Å². The minimum absolute atomic E-state index is 0.0316. The number of nitrogens with one attached hydrogen (secondary N) is 1. The third kappa shape index (κ3) is 2.78. The number of benzene rings is 1. The zero-order valence-corrected chi connectivity index (χ0v) is 13.6. The molecule has 122 valence electrons. The number of amides is 2. The number of hydrogen-bond acceptors (Lipinski definition) is 5. The molecule has 4 rings (SSSR count). The molecule has 6 nitrogen and oxygen atoms in total. The number of likely N-dealkylation sites (tertiary alicyclic amines) is 1. The zero-order valence-electron chi connectivity index (χ0n) is 12.8. The summed E-state index contributed by atoms with van der Waals surface area (Å²) in [5.74, 6) is 0.436. The number of rotatable bonds is 4. The summed E-state index contributed by atoms with van der Waals surface area (Å²) >= 11 is 1.43. The van der Waals surface area contributed by atoms with Gasteiger partial charge in [0.15, 0.2) is 5.13 Å². The highest BCUT2D eigenvalue weighted by atomic mass is 32.1. The first-order valence-corrected chi connectivity index (χ1v) is 8.50. The number of thiazole rings is 1. The Morgan fingerprint density at radius 3 is 3.00 bits per heavy atom. The van der Waals surface area contributed by atoms with Gasteiger partial charge >= 0.3 is 0 Å². The molecular formula is C17H15N3O3S. The molecule has 1 aliphatic rings. The number of aromatic nitrogens is 1. The SMILES string of the molecule is O=C(Nc1nc2ccccc2s1)[C@H]1CCC(=O)N1Cc1ccco1. The van der Waals surface area contributed by atoms with Crippen LogP contribution in [0.15, 0.2) is 47.1 Å². The summed E-state index contributed by atoms with van der Waals surface area (Å²) in [4.78, 5) is 30.7. The molecule has 2 amide bonds. The zero-order chi connectivity index (χ0) is 16.5. The van der Waals surface area contributed by atoms with E-state index in [9.17, 15) is 9.59 Å². The summed E-state index contributed by atoms with van der Waals surface area (Å²) in [6.45, 7) is 0.309. The molecule has 3 aromatic rings. The summed E-state index contributed by atoms with van der Waals surface area (Å²) in [5, 5.41) is 3.40. The predicted octanol–water partition coefficient (Wildman–Crippen LogP) is 3.02. The van der Waals surface area contributed by atoms with Crippen LogP contribution in [0.1, 0.15) is 18.6 Å². The number of para-hydroxylation sites is 1. The lowest BCUT2D eigenvalue weighted by atomic mass is 10.2. The van der Waals surface area contributed by atoms with Crippen LogP contribution in [0.3, 0.4) is 0 Å². The van der Waals surface area contributed by atoms with Gasteiger partial charge < -0.3 is 14.6 Å². The molecule has 3 heterocycles. The summed E-state index contributed by atoms with van der Waals surface area (Å²) in [5.41, 5.74) is 0.854. The van der Waals surface area contributed by atoms with Gasteiger partial charge in [-0.2, -0.15) is 0 Å². The number of hydrogen-bond donors (Lipinski definition) is 1. The second-order valence-electron chi connectivity index (χ2n) is 5.63. The minimum atomic E-state index is -0.491. The normalized spacial score (nSPS) is 17.6. The number of carbonyl (C=O) groups excluding carboxylic acids is 2. The van der Waals surface area contributed by atoms with Gasteiger partial charge in [0.05, 0.1) is 23.0 Å². The lowest BCUT2D eigenvalue weighted by Gasteiger charge is -2.22. The first-order valence-electron chi connectivity index (χ1n) is 7.69. The Bertz CT molecular complexity index is 855. The smallest absolute Gasteiger partial charge is 0.248 e. The largest absolute Gasteiger partial charge is 0.467 e. The van der Waals surface area contributed by atoms with Gasteiger partial charge in [0, 0.05) is 6.42 Å². The molecule has 7 heteroatoms. The van der Waals surface area contributed by atoms with Gasteiger partial charge in [-0.1, -0.05) is 23.5 Å². The summed E-state index contributed by atoms with van der Waals surface area (Å²) < 4.78 is 6.31. The van der Waals surface area contributed by atoms with Crippen molar-refractivity contribution in [3.8, 4) is 0 Å².